The molecule has 1 unspecified atom stereocenters. The van der Waals surface area contributed by atoms with Crippen LogP contribution in [0.1, 0.15) is 76.9 Å². The van der Waals surface area contributed by atoms with Gasteiger partial charge in [0, 0.05) is 36.8 Å². The average molecular weight is 440 g/mol. The van der Waals surface area contributed by atoms with Crippen LogP contribution in [0.4, 0.5) is 5.82 Å². The molecule has 31 heavy (non-hydrogen) atoms. The minimum absolute atomic E-state index is 0.0504. The molecule has 3 aliphatic rings. The van der Waals surface area contributed by atoms with Crippen molar-refractivity contribution in [3.05, 3.63) is 33.2 Å². The van der Waals surface area contributed by atoms with E-state index in [9.17, 15) is 9.59 Å². The maximum absolute atomic E-state index is 12.9. The zero-order chi connectivity index (χ0) is 21.5. The molecule has 0 radical (unpaired) electrons. The second kappa shape index (κ2) is 8.30. The molecule has 0 spiro atoms. The van der Waals surface area contributed by atoms with Crippen molar-refractivity contribution in [2.75, 3.05) is 24.5 Å². The maximum Gasteiger partial charge on any atom is 0.265 e. The van der Waals surface area contributed by atoms with Crippen molar-refractivity contribution >= 4 is 29.0 Å². The summed E-state index contributed by atoms with van der Waals surface area (Å²) in [5, 5.41) is 0. The Hall–Kier alpha value is -2.35. The highest BCUT2D eigenvalue weighted by atomic mass is 32.1. The van der Waals surface area contributed by atoms with E-state index in [1.54, 1.807) is 5.51 Å². The molecule has 7 nitrogen and oxygen atoms in total. The van der Waals surface area contributed by atoms with Gasteiger partial charge in [-0.3, -0.25) is 14.5 Å². The van der Waals surface area contributed by atoms with Gasteiger partial charge in [0.2, 0.25) is 5.91 Å². The minimum atomic E-state index is 0.0504. The second-order valence-electron chi connectivity index (χ2n) is 9.16. The topological polar surface area (TPSA) is 79.3 Å². The van der Waals surface area contributed by atoms with Gasteiger partial charge in [-0.15, -0.1) is 11.3 Å². The Morgan fingerprint density at radius 3 is 2.68 bits per heavy atom. The molecule has 1 saturated heterocycles. The van der Waals surface area contributed by atoms with Crippen molar-refractivity contribution in [2.24, 2.45) is 5.92 Å². The number of aryl methyl sites for hydroxylation is 2. The van der Waals surface area contributed by atoms with Gasteiger partial charge in [-0.05, 0) is 39.0 Å². The number of anilines is 1. The molecule has 0 N–H and O–H groups in total. The molecule has 2 aromatic heterocycles. The second-order valence-corrected chi connectivity index (χ2v) is 10.0. The van der Waals surface area contributed by atoms with Crippen LogP contribution in [0.2, 0.25) is 0 Å². The number of hydrogen-bond acceptors (Lipinski definition) is 6. The highest BCUT2D eigenvalue weighted by molar-refractivity contribution is 7.11. The molecule has 0 aromatic carbocycles. The van der Waals surface area contributed by atoms with Crippen LogP contribution in [0.25, 0.3) is 0 Å². The quantitative estimate of drug-likeness (QED) is 0.727. The summed E-state index contributed by atoms with van der Waals surface area (Å²) in [4.78, 5) is 44.1. The van der Waals surface area contributed by atoms with Crippen LogP contribution >= 0.6 is 11.3 Å². The van der Waals surface area contributed by atoms with Crippen molar-refractivity contribution < 1.29 is 9.59 Å². The average Bonchev–Trinajstić information content (AvgIpc) is 3.49. The van der Waals surface area contributed by atoms with Crippen molar-refractivity contribution in [1.29, 1.82) is 0 Å². The van der Waals surface area contributed by atoms with Crippen LogP contribution in [0.5, 0.6) is 0 Å². The molecule has 1 saturated carbocycles. The number of fused-ring (bicyclic) bond motifs is 1. The number of nitrogens with zero attached hydrogens (tertiary/aromatic N) is 5. The van der Waals surface area contributed by atoms with E-state index in [0.29, 0.717) is 25.4 Å². The lowest BCUT2D eigenvalue weighted by Crippen LogP contribution is -2.33. The van der Waals surface area contributed by atoms with E-state index in [2.05, 4.69) is 4.98 Å². The lowest BCUT2D eigenvalue weighted by Gasteiger charge is -2.27. The van der Waals surface area contributed by atoms with Crippen molar-refractivity contribution in [3.8, 4) is 0 Å². The zero-order valence-electron chi connectivity index (χ0n) is 18.3. The summed E-state index contributed by atoms with van der Waals surface area (Å²) in [6.07, 6.45) is 7.49. The fraction of sp³-hybridized carbons (Fsp3) is 0.609. The van der Waals surface area contributed by atoms with Crippen LogP contribution in [-0.2, 0) is 11.2 Å². The Morgan fingerprint density at radius 1 is 1.13 bits per heavy atom. The summed E-state index contributed by atoms with van der Waals surface area (Å²) in [7, 11) is 0. The number of hydrogen-bond donors (Lipinski definition) is 0. The molecule has 2 aromatic rings. The van der Waals surface area contributed by atoms with E-state index < -0.39 is 0 Å². The Bertz CT molecular complexity index is 1010. The molecule has 5 rings (SSSR count). The highest BCUT2D eigenvalue weighted by Gasteiger charge is 2.36. The first-order chi connectivity index (χ1) is 15.0. The van der Waals surface area contributed by atoms with Gasteiger partial charge in [0.05, 0.1) is 17.6 Å². The van der Waals surface area contributed by atoms with Crippen LogP contribution in [0, 0.1) is 19.8 Å². The fourth-order valence-electron chi connectivity index (χ4n) is 5.20. The molecule has 0 bridgehead atoms. The fourth-order valence-corrected chi connectivity index (χ4v) is 5.97. The minimum Gasteiger partial charge on any atom is -0.337 e. The van der Waals surface area contributed by atoms with Gasteiger partial charge < -0.3 is 4.90 Å². The standard InChI is InChI=1S/C23H29N5O2S/c1-14-18-10-19(29)28(11-16-6-4-3-5-7-16)22(18)26-21(25-14)17-8-9-27(12-17)23(30)20-15(2)24-13-31-20/h13,16-17H,3-12H2,1-2H3. The third-order valence-corrected chi connectivity index (χ3v) is 7.96. The first-order valence-electron chi connectivity index (χ1n) is 11.4. The molecule has 2 fully saturated rings. The van der Waals surface area contributed by atoms with Gasteiger partial charge in [0.1, 0.15) is 16.5 Å². The molecule has 8 heteroatoms. The molecule has 1 atom stereocenters. The predicted octanol–water partition coefficient (Wildman–Crippen LogP) is 3.65. The van der Waals surface area contributed by atoms with Gasteiger partial charge in [-0.1, -0.05) is 19.3 Å². The number of carbonyl (C=O) groups is 2. The molecular weight excluding hydrogens is 410 g/mol. The van der Waals surface area contributed by atoms with Crippen LogP contribution in [-0.4, -0.2) is 51.3 Å². The summed E-state index contributed by atoms with van der Waals surface area (Å²) in [6.45, 7) is 5.96. The van der Waals surface area contributed by atoms with Gasteiger partial charge in [-0.25, -0.2) is 15.0 Å². The summed E-state index contributed by atoms with van der Waals surface area (Å²) in [5.74, 6) is 2.48. The molecule has 2 aliphatic heterocycles. The third-order valence-electron chi connectivity index (χ3n) is 7.04. The van der Waals surface area contributed by atoms with Gasteiger partial charge in [0.15, 0.2) is 0 Å². The van der Waals surface area contributed by atoms with Crippen molar-refractivity contribution in [2.45, 2.75) is 64.7 Å². The summed E-state index contributed by atoms with van der Waals surface area (Å²) < 4.78 is 0. The van der Waals surface area contributed by atoms with E-state index in [-0.39, 0.29) is 17.7 Å². The number of aromatic nitrogens is 3. The monoisotopic (exact) mass is 439 g/mol. The van der Waals surface area contributed by atoms with E-state index in [1.807, 2.05) is 23.6 Å². The summed E-state index contributed by atoms with van der Waals surface area (Å²) in [5.41, 5.74) is 4.40. The Balaban J connectivity index is 1.35. The van der Waals surface area contributed by atoms with Gasteiger partial charge in [0.25, 0.3) is 5.91 Å². The van der Waals surface area contributed by atoms with Gasteiger partial charge in [-0.2, -0.15) is 0 Å². The number of thiazole rings is 1. The van der Waals surface area contributed by atoms with E-state index >= 15 is 0 Å². The van der Waals surface area contributed by atoms with Crippen molar-refractivity contribution in [1.82, 2.24) is 19.9 Å². The Morgan fingerprint density at radius 2 is 1.94 bits per heavy atom. The first kappa shape index (κ1) is 20.5. The maximum atomic E-state index is 12.9. The lowest BCUT2D eigenvalue weighted by molar-refractivity contribution is -0.117. The highest BCUT2D eigenvalue weighted by Crippen LogP contribution is 2.35. The van der Waals surface area contributed by atoms with E-state index in [4.69, 9.17) is 9.97 Å². The zero-order valence-corrected chi connectivity index (χ0v) is 19.1. The summed E-state index contributed by atoms with van der Waals surface area (Å²) >= 11 is 1.40. The predicted molar refractivity (Wildman–Crippen MR) is 120 cm³/mol. The van der Waals surface area contributed by atoms with E-state index in [1.165, 1.54) is 43.4 Å². The number of amides is 2. The summed E-state index contributed by atoms with van der Waals surface area (Å²) in [6, 6.07) is 0. The Labute approximate surface area is 186 Å². The van der Waals surface area contributed by atoms with Crippen LogP contribution in [0.3, 0.4) is 0 Å². The van der Waals surface area contributed by atoms with Gasteiger partial charge >= 0.3 is 0 Å². The van der Waals surface area contributed by atoms with Crippen LogP contribution < -0.4 is 4.90 Å². The largest absolute Gasteiger partial charge is 0.337 e. The third kappa shape index (κ3) is 3.86. The molecule has 4 heterocycles. The molecule has 2 amide bonds. The first-order valence-corrected chi connectivity index (χ1v) is 12.3. The number of carbonyl (C=O) groups excluding carboxylic acids is 2. The molecule has 1 aliphatic carbocycles. The lowest BCUT2D eigenvalue weighted by atomic mass is 9.89. The van der Waals surface area contributed by atoms with Crippen molar-refractivity contribution in [3.63, 3.8) is 0 Å². The SMILES string of the molecule is Cc1ncsc1C(=O)N1CCC(c2nc(C)c3c(n2)N(CC2CCCCC2)C(=O)C3)C1. The van der Waals surface area contributed by atoms with Crippen LogP contribution in [0.15, 0.2) is 5.51 Å². The number of rotatable bonds is 4. The smallest absolute Gasteiger partial charge is 0.265 e. The normalized spacial score (nSPS) is 21.7. The Kier molecular flexibility index (Phi) is 5.50. The van der Waals surface area contributed by atoms with E-state index in [0.717, 1.165) is 46.4 Å². The molecular formula is C23H29N5O2S. The number of likely N-dealkylation sites (tertiary alicyclic amines) is 1. The molecule has 164 valence electrons.